The number of carbonyl (C=O) groups excluding carboxylic acids is 1. The fraction of sp³-hybridized carbons (Fsp3) is 0.278. The summed E-state index contributed by atoms with van der Waals surface area (Å²) in [5.74, 6) is -0.112. The van der Waals surface area contributed by atoms with E-state index in [0.29, 0.717) is 10.7 Å². The molecule has 2 aromatic rings. The summed E-state index contributed by atoms with van der Waals surface area (Å²) >= 11 is 5.92. The van der Waals surface area contributed by atoms with Crippen LogP contribution in [-0.2, 0) is 14.8 Å². The van der Waals surface area contributed by atoms with Crippen molar-refractivity contribution >= 4 is 38.9 Å². The van der Waals surface area contributed by atoms with Crippen LogP contribution in [0.5, 0.6) is 5.75 Å². The van der Waals surface area contributed by atoms with Gasteiger partial charge in [-0.05, 0) is 48.9 Å². The minimum Gasteiger partial charge on any atom is -0.495 e. The van der Waals surface area contributed by atoms with Crippen LogP contribution in [0, 0.1) is 6.92 Å². The van der Waals surface area contributed by atoms with Crippen molar-refractivity contribution in [3.05, 3.63) is 47.0 Å². The number of hydrogen-bond acceptors (Lipinski definition) is 5. The van der Waals surface area contributed by atoms with E-state index in [1.165, 1.54) is 33.3 Å². The van der Waals surface area contributed by atoms with E-state index in [-0.39, 0.29) is 23.1 Å². The van der Waals surface area contributed by atoms with Crippen LogP contribution in [-0.4, -0.2) is 46.4 Å². The molecule has 2 aromatic carbocycles. The molecule has 1 amide bonds. The summed E-state index contributed by atoms with van der Waals surface area (Å²) in [6, 6.07) is 9.78. The minimum atomic E-state index is -3.71. The van der Waals surface area contributed by atoms with Gasteiger partial charge in [-0.1, -0.05) is 11.6 Å². The number of hydrogen-bond donors (Lipinski definition) is 2. The number of carbonyl (C=O) groups is 1. The van der Waals surface area contributed by atoms with Crippen molar-refractivity contribution in [2.24, 2.45) is 0 Å². The first-order valence-corrected chi connectivity index (χ1v) is 9.87. The van der Waals surface area contributed by atoms with Gasteiger partial charge in [0, 0.05) is 30.5 Å². The van der Waals surface area contributed by atoms with Crippen LogP contribution in [0.1, 0.15) is 5.56 Å². The van der Waals surface area contributed by atoms with Crippen molar-refractivity contribution in [3.8, 4) is 5.75 Å². The van der Waals surface area contributed by atoms with Crippen molar-refractivity contribution in [1.29, 1.82) is 0 Å². The van der Waals surface area contributed by atoms with E-state index < -0.39 is 10.0 Å². The Morgan fingerprint density at radius 2 is 1.89 bits per heavy atom. The summed E-state index contributed by atoms with van der Waals surface area (Å²) in [5, 5.41) is 6.32. The van der Waals surface area contributed by atoms with Gasteiger partial charge < -0.3 is 15.4 Å². The van der Waals surface area contributed by atoms with Gasteiger partial charge in [-0.2, -0.15) is 0 Å². The van der Waals surface area contributed by atoms with E-state index in [9.17, 15) is 13.2 Å². The van der Waals surface area contributed by atoms with Gasteiger partial charge in [0.1, 0.15) is 10.6 Å². The lowest BCUT2D eigenvalue weighted by molar-refractivity contribution is -0.114. The highest BCUT2D eigenvalue weighted by Crippen LogP contribution is 2.28. The van der Waals surface area contributed by atoms with Crippen molar-refractivity contribution in [2.45, 2.75) is 11.8 Å². The van der Waals surface area contributed by atoms with Gasteiger partial charge in [-0.3, -0.25) is 4.79 Å². The molecule has 0 unspecified atom stereocenters. The molecule has 9 heteroatoms. The number of rotatable bonds is 7. The first kappa shape index (κ1) is 21.0. The maximum Gasteiger partial charge on any atom is 0.246 e. The number of benzene rings is 2. The Bertz CT molecular complexity index is 946. The number of amides is 1. The van der Waals surface area contributed by atoms with Crippen molar-refractivity contribution in [1.82, 2.24) is 4.31 Å². The second kappa shape index (κ2) is 8.60. The van der Waals surface area contributed by atoms with E-state index in [4.69, 9.17) is 16.3 Å². The maximum atomic E-state index is 12.4. The Hall–Kier alpha value is -2.29. The van der Waals surface area contributed by atoms with Gasteiger partial charge >= 0.3 is 0 Å². The van der Waals surface area contributed by atoms with E-state index in [0.717, 1.165) is 15.6 Å². The second-order valence-electron chi connectivity index (χ2n) is 6.01. The fourth-order valence-corrected chi connectivity index (χ4v) is 3.66. The number of nitrogens with one attached hydrogen (secondary N) is 2. The molecule has 0 aliphatic carbocycles. The first-order valence-electron chi connectivity index (χ1n) is 8.05. The zero-order valence-corrected chi connectivity index (χ0v) is 17.1. The third-order valence-corrected chi connectivity index (χ3v) is 5.91. The number of halogens is 1. The van der Waals surface area contributed by atoms with Crippen molar-refractivity contribution in [2.75, 3.05) is 38.4 Å². The molecule has 0 radical (unpaired) electrons. The lowest BCUT2D eigenvalue weighted by atomic mass is 10.2. The molecule has 0 saturated carbocycles. The first-order chi connectivity index (χ1) is 12.6. The quantitative estimate of drug-likeness (QED) is 0.731. The second-order valence-corrected chi connectivity index (χ2v) is 8.57. The van der Waals surface area contributed by atoms with Gasteiger partial charge in [0.25, 0.3) is 0 Å². The highest BCUT2D eigenvalue weighted by molar-refractivity contribution is 7.89. The van der Waals surface area contributed by atoms with E-state index in [1.807, 2.05) is 6.92 Å². The van der Waals surface area contributed by atoms with Crippen LogP contribution in [0.3, 0.4) is 0 Å². The average Bonchev–Trinajstić information content (AvgIpc) is 2.60. The number of nitrogens with zero attached hydrogens (tertiary/aromatic N) is 1. The zero-order valence-electron chi connectivity index (χ0n) is 15.5. The van der Waals surface area contributed by atoms with Gasteiger partial charge in [0.2, 0.25) is 15.9 Å². The number of aryl methyl sites for hydroxylation is 1. The van der Waals surface area contributed by atoms with Crippen LogP contribution < -0.4 is 15.4 Å². The lowest BCUT2D eigenvalue weighted by Gasteiger charge is -2.16. The van der Waals surface area contributed by atoms with Crippen LogP contribution in [0.2, 0.25) is 5.02 Å². The zero-order chi connectivity index (χ0) is 20.2. The molecular weight excluding hydrogens is 390 g/mol. The number of ether oxygens (including phenoxy) is 1. The van der Waals surface area contributed by atoms with Crippen molar-refractivity contribution < 1.29 is 17.9 Å². The van der Waals surface area contributed by atoms with E-state index >= 15 is 0 Å². The molecule has 0 heterocycles. The SMILES string of the molecule is COc1ccc(NC(=O)CNc2ccc(Cl)cc2C)cc1S(=O)(=O)N(C)C. The Labute approximate surface area is 164 Å². The lowest BCUT2D eigenvalue weighted by Crippen LogP contribution is -2.24. The highest BCUT2D eigenvalue weighted by Gasteiger charge is 2.23. The number of anilines is 2. The molecule has 0 aromatic heterocycles. The summed E-state index contributed by atoms with van der Waals surface area (Å²) in [5.41, 5.74) is 2.06. The molecule has 0 aliphatic rings. The minimum absolute atomic E-state index is 0.0181. The van der Waals surface area contributed by atoms with E-state index in [2.05, 4.69) is 10.6 Å². The van der Waals surface area contributed by atoms with Crippen LogP contribution in [0.15, 0.2) is 41.3 Å². The van der Waals surface area contributed by atoms with Gasteiger partial charge in [0.15, 0.2) is 0 Å². The summed E-state index contributed by atoms with van der Waals surface area (Å²) in [6.45, 7) is 1.90. The standard InChI is InChI=1S/C18H22ClN3O4S/c1-12-9-13(19)5-7-15(12)20-11-18(23)21-14-6-8-16(26-4)17(10-14)27(24,25)22(2)3/h5-10,20H,11H2,1-4H3,(H,21,23). The summed E-state index contributed by atoms with van der Waals surface area (Å²) < 4.78 is 31.1. The molecule has 0 spiro atoms. The molecule has 7 nitrogen and oxygen atoms in total. The molecular formula is C18H22ClN3O4S. The number of sulfonamides is 1. The molecule has 0 fully saturated rings. The summed E-state index contributed by atoms with van der Waals surface area (Å²) in [7, 11) is 0.533. The largest absolute Gasteiger partial charge is 0.495 e. The third kappa shape index (κ3) is 5.12. The molecule has 0 bridgehead atoms. The normalized spacial score (nSPS) is 11.3. The predicted octanol–water partition coefficient (Wildman–Crippen LogP) is 2.96. The van der Waals surface area contributed by atoms with Crippen LogP contribution in [0.25, 0.3) is 0 Å². The predicted molar refractivity (Wildman–Crippen MR) is 107 cm³/mol. The van der Waals surface area contributed by atoms with Crippen molar-refractivity contribution in [3.63, 3.8) is 0 Å². The molecule has 0 atom stereocenters. The molecule has 0 saturated heterocycles. The Morgan fingerprint density at radius 1 is 1.19 bits per heavy atom. The monoisotopic (exact) mass is 411 g/mol. The van der Waals surface area contributed by atoms with E-state index in [1.54, 1.807) is 24.3 Å². The van der Waals surface area contributed by atoms with Gasteiger partial charge in [-0.25, -0.2) is 12.7 Å². The van der Waals surface area contributed by atoms with Gasteiger partial charge in [0.05, 0.1) is 13.7 Å². The van der Waals surface area contributed by atoms with Gasteiger partial charge in [-0.15, -0.1) is 0 Å². The highest BCUT2D eigenvalue weighted by atomic mass is 35.5. The summed E-state index contributed by atoms with van der Waals surface area (Å²) in [4.78, 5) is 12.2. The topological polar surface area (TPSA) is 87.7 Å². The molecule has 2 rings (SSSR count). The van der Waals surface area contributed by atoms with Crippen LogP contribution >= 0.6 is 11.6 Å². The molecule has 27 heavy (non-hydrogen) atoms. The third-order valence-electron chi connectivity index (χ3n) is 3.83. The Balaban J connectivity index is 2.14. The summed E-state index contributed by atoms with van der Waals surface area (Å²) in [6.07, 6.45) is 0. The Kier molecular flexibility index (Phi) is 6.69. The smallest absolute Gasteiger partial charge is 0.246 e. The van der Waals surface area contributed by atoms with Crippen LogP contribution in [0.4, 0.5) is 11.4 Å². The fourth-order valence-electron chi connectivity index (χ4n) is 2.36. The number of methoxy groups -OCH3 is 1. The molecule has 2 N–H and O–H groups in total. The maximum absolute atomic E-state index is 12.4. The molecule has 0 aliphatic heterocycles. The molecule has 146 valence electrons. The Morgan fingerprint density at radius 3 is 2.48 bits per heavy atom. The average molecular weight is 412 g/mol.